The van der Waals surface area contributed by atoms with Gasteiger partial charge >= 0.3 is 0 Å². The first-order valence-corrected chi connectivity index (χ1v) is 8.95. The molecule has 6 nitrogen and oxygen atoms in total. The van der Waals surface area contributed by atoms with E-state index in [2.05, 4.69) is 22.5 Å². The second-order valence-electron chi connectivity index (χ2n) is 5.38. The highest BCUT2D eigenvalue weighted by Gasteiger charge is 2.29. The van der Waals surface area contributed by atoms with Crippen molar-refractivity contribution in [1.82, 2.24) is 10.3 Å². The van der Waals surface area contributed by atoms with E-state index in [1.807, 2.05) is 6.92 Å². The average Bonchev–Trinajstić information content (AvgIpc) is 2.75. The van der Waals surface area contributed by atoms with Gasteiger partial charge in [-0.15, -0.1) is 0 Å². The minimum atomic E-state index is -2.99. The Morgan fingerprint density at radius 2 is 2.19 bits per heavy atom. The van der Waals surface area contributed by atoms with Crippen LogP contribution in [0.4, 0.5) is 5.82 Å². The lowest BCUT2D eigenvalue weighted by Gasteiger charge is -2.12. The molecule has 1 fully saturated rings. The van der Waals surface area contributed by atoms with E-state index in [4.69, 9.17) is 0 Å². The second-order valence-corrected chi connectivity index (χ2v) is 7.61. The summed E-state index contributed by atoms with van der Waals surface area (Å²) in [6.07, 6.45) is 1.45. The monoisotopic (exact) mass is 311 g/mol. The van der Waals surface area contributed by atoms with Crippen LogP contribution in [0.15, 0.2) is 12.1 Å². The zero-order valence-corrected chi connectivity index (χ0v) is 13.2. The number of carbonyl (C=O) groups excluding carboxylic acids is 1. The van der Waals surface area contributed by atoms with Crippen molar-refractivity contribution in [3.05, 3.63) is 23.4 Å². The molecule has 2 heterocycles. The molecular formula is C14H21N3O3S. The van der Waals surface area contributed by atoms with E-state index < -0.39 is 9.84 Å². The first-order chi connectivity index (χ1) is 9.89. The number of amides is 1. The summed E-state index contributed by atoms with van der Waals surface area (Å²) in [5.74, 6) is 0.601. The third-order valence-corrected chi connectivity index (χ3v) is 5.11. The summed E-state index contributed by atoms with van der Waals surface area (Å²) in [6.45, 7) is 4.67. The molecule has 1 amide bonds. The number of anilines is 1. The summed E-state index contributed by atoms with van der Waals surface area (Å²) in [7, 11) is -2.99. The van der Waals surface area contributed by atoms with Crippen LogP contribution in [0.2, 0.25) is 0 Å². The number of nitrogens with one attached hydrogen (secondary N) is 2. The van der Waals surface area contributed by atoms with Crippen LogP contribution in [-0.4, -0.2) is 43.4 Å². The molecule has 1 aliphatic heterocycles. The first-order valence-electron chi connectivity index (χ1n) is 7.13. The first kappa shape index (κ1) is 15.8. The third-order valence-electron chi connectivity index (χ3n) is 3.34. The lowest BCUT2D eigenvalue weighted by atomic mass is 10.2. The van der Waals surface area contributed by atoms with E-state index in [0.29, 0.717) is 17.8 Å². The topological polar surface area (TPSA) is 88.2 Å². The zero-order chi connectivity index (χ0) is 15.5. The number of pyridine rings is 1. The number of hydrogen-bond donors (Lipinski definition) is 2. The Balaban J connectivity index is 2.06. The summed E-state index contributed by atoms with van der Waals surface area (Å²) < 4.78 is 22.8. The Bertz CT molecular complexity index is 628. The number of nitrogens with zero attached hydrogens (tertiary/aromatic N) is 1. The van der Waals surface area contributed by atoms with Crippen molar-refractivity contribution < 1.29 is 13.2 Å². The van der Waals surface area contributed by atoms with E-state index in [9.17, 15) is 13.2 Å². The SMILES string of the molecule is CCCNc1cc(C(=O)NC2CCS(=O)(=O)C2)cc(C)n1. The number of sulfone groups is 1. The molecule has 0 aromatic carbocycles. The van der Waals surface area contributed by atoms with Crippen molar-refractivity contribution in [2.24, 2.45) is 0 Å². The van der Waals surface area contributed by atoms with Crippen molar-refractivity contribution in [1.29, 1.82) is 0 Å². The van der Waals surface area contributed by atoms with Crippen LogP contribution in [0.5, 0.6) is 0 Å². The number of aryl methyl sites for hydroxylation is 1. The summed E-state index contributed by atoms with van der Waals surface area (Å²) in [5, 5.41) is 5.94. The van der Waals surface area contributed by atoms with E-state index in [1.165, 1.54) is 0 Å². The molecule has 1 aromatic rings. The van der Waals surface area contributed by atoms with Gasteiger partial charge in [0, 0.05) is 23.8 Å². The van der Waals surface area contributed by atoms with Gasteiger partial charge in [-0.25, -0.2) is 13.4 Å². The van der Waals surface area contributed by atoms with Crippen molar-refractivity contribution in [3.8, 4) is 0 Å². The van der Waals surface area contributed by atoms with Gasteiger partial charge in [-0.05, 0) is 31.9 Å². The molecule has 1 aromatic heterocycles. The van der Waals surface area contributed by atoms with Gasteiger partial charge in [0.15, 0.2) is 9.84 Å². The minimum absolute atomic E-state index is 0.0315. The molecule has 2 rings (SSSR count). The standard InChI is InChI=1S/C14H21N3O3S/c1-3-5-15-13-8-11(7-10(2)16-13)14(18)17-12-4-6-21(19,20)9-12/h7-8,12H,3-6,9H2,1-2H3,(H,15,16)(H,17,18). The molecule has 21 heavy (non-hydrogen) atoms. The maximum atomic E-state index is 12.2. The van der Waals surface area contributed by atoms with E-state index in [0.717, 1.165) is 18.7 Å². The number of rotatable bonds is 5. The van der Waals surface area contributed by atoms with Crippen LogP contribution in [-0.2, 0) is 9.84 Å². The molecule has 0 spiro atoms. The van der Waals surface area contributed by atoms with Crippen molar-refractivity contribution >= 4 is 21.6 Å². The van der Waals surface area contributed by atoms with Crippen LogP contribution in [0.3, 0.4) is 0 Å². The van der Waals surface area contributed by atoms with E-state index >= 15 is 0 Å². The molecule has 1 saturated heterocycles. The molecule has 1 unspecified atom stereocenters. The van der Waals surface area contributed by atoms with Gasteiger partial charge in [0.05, 0.1) is 11.5 Å². The molecule has 2 N–H and O–H groups in total. The minimum Gasteiger partial charge on any atom is -0.370 e. The molecule has 0 radical (unpaired) electrons. The van der Waals surface area contributed by atoms with Crippen LogP contribution in [0.25, 0.3) is 0 Å². The van der Waals surface area contributed by atoms with Crippen molar-refractivity contribution in [2.75, 3.05) is 23.4 Å². The molecule has 0 saturated carbocycles. The van der Waals surface area contributed by atoms with Crippen LogP contribution < -0.4 is 10.6 Å². The summed E-state index contributed by atoms with van der Waals surface area (Å²) in [5.41, 5.74) is 1.26. The van der Waals surface area contributed by atoms with Gasteiger partial charge in [-0.3, -0.25) is 4.79 Å². The smallest absolute Gasteiger partial charge is 0.251 e. The number of carbonyl (C=O) groups is 1. The lowest BCUT2D eigenvalue weighted by molar-refractivity contribution is 0.0941. The molecule has 1 atom stereocenters. The largest absolute Gasteiger partial charge is 0.370 e. The molecule has 7 heteroatoms. The van der Waals surface area contributed by atoms with E-state index in [1.54, 1.807) is 12.1 Å². The second kappa shape index (κ2) is 6.43. The van der Waals surface area contributed by atoms with Gasteiger partial charge < -0.3 is 10.6 Å². The van der Waals surface area contributed by atoms with Gasteiger partial charge in [0.1, 0.15) is 5.82 Å². The van der Waals surface area contributed by atoms with E-state index in [-0.39, 0.29) is 23.5 Å². The maximum Gasteiger partial charge on any atom is 0.251 e. The zero-order valence-electron chi connectivity index (χ0n) is 12.3. The number of hydrogen-bond acceptors (Lipinski definition) is 5. The van der Waals surface area contributed by atoms with Gasteiger partial charge in [0.25, 0.3) is 5.91 Å². The average molecular weight is 311 g/mol. The van der Waals surface area contributed by atoms with Crippen LogP contribution in [0, 0.1) is 6.92 Å². The Hall–Kier alpha value is -1.63. The fraction of sp³-hybridized carbons (Fsp3) is 0.571. The number of aromatic nitrogens is 1. The Labute approximate surface area is 125 Å². The Morgan fingerprint density at radius 3 is 2.81 bits per heavy atom. The third kappa shape index (κ3) is 4.42. The normalized spacial score (nSPS) is 20.2. The fourth-order valence-corrected chi connectivity index (χ4v) is 3.99. The quantitative estimate of drug-likeness (QED) is 0.851. The fourth-order valence-electron chi connectivity index (χ4n) is 2.32. The predicted molar refractivity (Wildman–Crippen MR) is 82.3 cm³/mol. The van der Waals surface area contributed by atoms with Crippen LogP contribution in [0.1, 0.15) is 35.8 Å². The summed E-state index contributed by atoms with van der Waals surface area (Å²) >= 11 is 0. The summed E-state index contributed by atoms with van der Waals surface area (Å²) in [6, 6.07) is 3.11. The molecule has 116 valence electrons. The Morgan fingerprint density at radius 1 is 1.43 bits per heavy atom. The summed E-state index contributed by atoms with van der Waals surface area (Å²) in [4.78, 5) is 16.6. The molecule has 1 aliphatic rings. The van der Waals surface area contributed by atoms with Gasteiger partial charge in [0.2, 0.25) is 0 Å². The van der Waals surface area contributed by atoms with Crippen molar-refractivity contribution in [3.63, 3.8) is 0 Å². The lowest BCUT2D eigenvalue weighted by Crippen LogP contribution is -2.35. The Kier molecular flexibility index (Phi) is 4.82. The van der Waals surface area contributed by atoms with Gasteiger partial charge in [-0.2, -0.15) is 0 Å². The van der Waals surface area contributed by atoms with Crippen LogP contribution >= 0.6 is 0 Å². The predicted octanol–water partition coefficient (Wildman–Crippen LogP) is 1.13. The maximum absolute atomic E-state index is 12.2. The van der Waals surface area contributed by atoms with Crippen molar-refractivity contribution in [2.45, 2.75) is 32.7 Å². The highest BCUT2D eigenvalue weighted by Crippen LogP contribution is 2.14. The van der Waals surface area contributed by atoms with Gasteiger partial charge in [-0.1, -0.05) is 6.92 Å². The molecule has 0 bridgehead atoms. The highest BCUT2D eigenvalue weighted by molar-refractivity contribution is 7.91. The molecular weight excluding hydrogens is 290 g/mol. The highest BCUT2D eigenvalue weighted by atomic mass is 32.2. The molecule has 0 aliphatic carbocycles.